The molecule has 246 valence electrons. The van der Waals surface area contributed by atoms with E-state index in [2.05, 4.69) is 20.9 Å². The van der Waals surface area contributed by atoms with Crippen molar-refractivity contribution < 1.29 is 24.3 Å². The highest BCUT2D eigenvalue weighted by atomic mass is 16.4. The predicted molar refractivity (Wildman–Crippen MR) is 184 cm³/mol. The molecule has 48 heavy (non-hydrogen) atoms. The lowest BCUT2D eigenvalue weighted by Crippen LogP contribution is -2.58. The number of carbonyl (C=O) groups excluding carboxylic acids is 3. The summed E-state index contributed by atoms with van der Waals surface area (Å²) in [5, 5.41) is 19.1. The fourth-order valence-corrected chi connectivity index (χ4v) is 5.62. The van der Waals surface area contributed by atoms with Gasteiger partial charge in [0.1, 0.15) is 18.1 Å². The summed E-state index contributed by atoms with van der Waals surface area (Å²) >= 11 is 0. The molecule has 5 rings (SSSR count). The molecule has 0 saturated heterocycles. The third-order valence-electron chi connectivity index (χ3n) is 8.18. The highest BCUT2D eigenvalue weighted by Crippen LogP contribution is 2.19. The van der Waals surface area contributed by atoms with Crippen LogP contribution in [0.5, 0.6) is 0 Å². The molecule has 10 nitrogen and oxygen atoms in total. The number of H-pyrrole nitrogens is 1. The smallest absolute Gasteiger partial charge is 0.326 e. The summed E-state index contributed by atoms with van der Waals surface area (Å²) in [5.41, 5.74) is 10.5. The van der Waals surface area contributed by atoms with Crippen LogP contribution in [0.1, 0.15) is 22.3 Å². The molecule has 0 aliphatic heterocycles. The van der Waals surface area contributed by atoms with Gasteiger partial charge in [-0.2, -0.15) is 0 Å². The Kier molecular flexibility index (Phi) is 11.3. The molecule has 4 unspecified atom stereocenters. The van der Waals surface area contributed by atoms with Crippen LogP contribution in [0.3, 0.4) is 0 Å². The van der Waals surface area contributed by atoms with E-state index in [0.29, 0.717) is 0 Å². The third-order valence-corrected chi connectivity index (χ3v) is 8.18. The van der Waals surface area contributed by atoms with Crippen molar-refractivity contribution in [1.82, 2.24) is 20.9 Å². The lowest BCUT2D eigenvalue weighted by molar-refractivity contribution is -0.142. The predicted octanol–water partition coefficient (Wildman–Crippen LogP) is 3.30. The van der Waals surface area contributed by atoms with Gasteiger partial charge in [0.05, 0.1) is 6.04 Å². The van der Waals surface area contributed by atoms with Crippen molar-refractivity contribution in [2.24, 2.45) is 5.73 Å². The number of carboxylic acid groups (broad SMARTS) is 1. The van der Waals surface area contributed by atoms with Crippen molar-refractivity contribution in [3.05, 3.63) is 144 Å². The number of hydrogen-bond acceptors (Lipinski definition) is 5. The van der Waals surface area contributed by atoms with Crippen molar-refractivity contribution in [3.63, 3.8) is 0 Å². The molecule has 0 aliphatic rings. The van der Waals surface area contributed by atoms with E-state index >= 15 is 0 Å². The Labute approximate surface area is 278 Å². The molecule has 0 saturated carbocycles. The molecule has 0 radical (unpaired) electrons. The zero-order chi connectivity index (χ0) is 33.9. The maximum Gasteiger partial charge on any atom is 0.326 e. The maximum absolute atomic E-state index is 13.9. The topological polar surface area (TPSA) is 166 Å². The minimum atomic E-state index is -1.22. The van der Waals surface area contributed by atoms with Gasteiger partial charge in [0.25, 0.3) is 0 Å². The van der Waals surface area contributed by atoms with E-state index in [-0.39, 0.29) is 25.7 Å². The van der Waals surface area contributed by atoms with Gasteiger partial charge in [-0.3, -0.25) is 14.4 Å². The molecular weight excluding hydrogens is 606 g/mol. The van der Waals surface area contributed by atoms with E-state index in [0.717, 1.165) is 33.2 Å². The Morgan fingerprint density at radius 3 is 1.48 bits per heavy atom. The zero-order valence-corrected chi connectivity index (χ0v) is 26.3. The van der Waals surface area contributed by atoms with Crippen LogP contribution in [0.4, 0.5) is 0 Å². The van der Waals surface area contributed by atoms with E-state index in [1.54, 1.807) is 24.3 Å². The fraction of sp³-hybridized carbons (Fsp3) is 0.211. The van der Waals surface area contributed by atoms with Crippen molar-refractivity contribution >= 4 is 34.6 Å². The summed E-state index contributed by atoms with van der Waals surface area (Å²) in [6, 6.07) is 30.6. The monoisotopic (exact) mass is 645 g/mol. The molecule has 10 heteroatoms. The van der Waals surface area contributed by atoms with Crippen LogP contribution in [-0.2, 0) is 44.9 Å². The highest BCUT2D eigenvalue weighted by Gasteiger charge is 2.31. The molecule has 0 bridgehead atoms. The van der Waals surface area contributed by atoms with Gasteiger partial charge in [0.2, 0.25) is 17.7 Å². The second kappa shape index (κ2) is 16.2. The van der Waals surface area contributed by atoms with Crippen LogP contribution in [0.25, 0.3) is 10.9 Å². The lowest BCUT2D eigenvalue weighted by atomic mass is 10.0. The van der Waals surface area contributed by atoms with Gasteiger partial charge >= 0.3 is 5.97 Å². The summed E-state index contributed by atoms with van der Waals surface area (Å²) in [6.07, 6.45) is 2.37. The number of amides is 3. The number of carbonyl (C=O) groups is 4. The first-order valence-corrected chi connectivity index (χ1v) is 15.8. The summed E-state index contributed by atoms with van der Waals surface area (Å²) in [5.74, 6) is -2.97. The van der Waals surface area contributed by atoms with Crippen molar-refractivity contribution in [3.8, 4) is 0 Å². The Morgan fingerprint density at radius 1 is 0.562 bits per heavy atom. The van der Waals surface area contributed by atoms with Crippen LogP contribution in [0.15, 0.2) is 121 Å². The molecule has 5 aromatic rings. The highest BCUT2D eigenvalue weighted by molar-refractivity contribution is 5.94. The van der Waals surface area contributed by atoms with Gasteiger partial charge < -0.3 is 31.8 Å². The molecule has 1 heterocycles. The molecule has 4 aromatic carbocycles. The Hall–Kier alpha value is -5.74. The van der Waals surface area contributed by atoms with E-state index in [1.807, 2.05) is 97.2 Å². The van der Waals surface area contributed by atoms with Crippen molar-refractivity contribution in [1.29, 1.82) is 0 Å². The largest absolute Gasteiger partial charge is 0.480 e. The molecule has 0 spiro atoms. The normalized spacial score (nSPS) is 13.5. The number of aromatic nitrogens is 1. The Balaban J connectivity index is 1.34. The SMILES string of the molecule is NC(Cc1c[nH]c2ccccc12)C(=O)NC(Cc1ccccc1)C(=O)NC(Cc1ccccc1)C(=O)NC(Cc1ccccc1)C(=O)O. The number of aromatic amines is 1. The van der Waals surface area contributed by atoms with Crippen molar-refractivity contribution in [2.45, 2.75) is 49.9 Å². The summed E-state index contributed by atoms with van der Waals surface area (Å²) in [4.78, 5) is 56.4. The second-order valence-electron chi connectivity index (χ2n) is 11.8. The van der Waals surface area contributed by atoms with Gasteiger partial charge in [-0.25, -0.2) is 4.79 Å². The average Bonchev–Trinajstić information content (AvgIpc) is 3.51. The van der Waals surface area contributed by atoms with Crippen LogP contribution in [0.2, 0.25) is 0 Å². The molecule has 3 amide bonds. The van der Waals surface area contributed by atoms with Gasteiger partial charge in [0, 0.05) is 36.4 Å². The molecule has 7 N–H and O–H groups in total. The first-order chi connectivity index (χ1) is 23.3. The number of para-hydroxylation sites is 1. The molecule has 4 atom stereocenters. The molecule has 0 fully saturated rings. The molecule has 1 aromatic heterocycles. The zero-order valence-electron chi connectivity index (χ0n) is 26.3. The number of carboxylic acids is 1. The number of hydrogen-bond donors (Lipinski definition) is 6. The van der Waals surface area contributed by atoms with Crippen LogP contribution in [-0.4, -0.2) is 57.9 Å². The second-order valence-corrected chi connectivity index (χ2v) is 11.8. The maximum atomic E-state index is 13.9. The number of aliphatic carboxylic acids is 1. The standard InChI is InChI=1S/C38H39N5O5/c39-30(23-28-24-40-31-19-11-10-18-29(28)31)35(44)41-32(20-25-12-4-1-5-13-25)36(45)42-33(21-26-14-6-2-7-15-26)37(46)43-34(38(47)48)22-27-16-8-3-9-17-27/h1-19,24,30,32-34,40H,20-23,39H2,(H,41,44)(H,42,45)(H,43,46)(H,47,48). The fourth-order valence-electron chi connectivity index (χ4n) is 5.62. The summed E-state index contributed by atoms with van der Waals surface area (Å²) in [6.45, 7) is 0. The van der Waals surface area contributed by atoms with E-state index in [4.69, 9.17) is 5.73 Å². The van der Waals surface area contributed by atoms with Gasteiger partial charge in [-0.05, 0) is 34.7 Å². The third kappa shape index (κ3) is 9.17. The summed E-state index contributed by atoms with van der Waals surface area (Å²) < 4.78 is 0. The van der Waals surface area contributed by atoms with Crippen molar-refractivity contribution in [2.75, 3.05) is 0 Å². The number of fused-ring (bicyclic) bond motifs is 1. The Bertz CT molecular complexity index is 1830. The minimum absolute atomic E-state index is 0.0644. The quantitative estimate of drug-likeness (QED) is 0.102. The van der Waals surface area contributed by atoms with E-state index in [1.165, 1.54) is 0 Å². The Morgan fingerprint density at radius 2 is 0.979 bits per heavy atom. The van der Waals surface area contributed by atoms with Gasteiger partial charge in [0.15, 0.2) is 0 Å². The number of benzene rings is 4. The number of rotatable bonds is 15. The van der Waals surface area contributed by atoms with Crippen LogP contribution >= 0.6 is 0 Å². The average molecular weight is 646 g/mol. The van der Waals surface area contributed by atoms with Crippen LogP contribution in [0, 0.1) is 0 Å². The first kappa shape index (κ1) is 33.6. The molecule has 0 aliphatic carbocycles. The number of nitrogens with two attached hydrogens (primary N) is 1. The first-order valence-electron chi connectivity index (χ1n) is 15.8. The van der Waals surface area contributed by atoms with Gasteiger partial charge in [-0.15, -0.1) is 0 Å². The van der Waals surface area contributed by atoms with E-state index in [9.17, 15) is 24.3 Å². The lowest BCUT2D eigenvalue weighted by Gasteiger charge is -2.25. The van der Waals surface area contributed by atoms with E-state index < -0.39 is 47.9 Å². The number of nitrogens with one attached hydrogen (secondary N) is 4. The minimum Gasteiger partial charge on any atom is -0.480 e. The molecular formula is C38H39N5O5. The van der Waals surface area contributed by atoms with Crippen LogP contribution < -0.4 is 21.7 Å². The summed E-state index contributed by atoms with van der Waals surface area (Å²) in [7, 11) is 0. The van der Waals surface area contributed by atoms with Gasteiger partial charge in [-0.1, -0.05) is 109 Å².